The van der Waals surface area contributed by atoms with Crippen molar-refractivity contribution in [1.82, 2.24) is 0 Å². The van der Waals surface area contributed by atoms with Gasteiger partial charge in [-0.2, -0.15) is 12.6 Å². The lowest BCUT2D eigenvalue weighted by Crippen LogP contribution is -2.14. The highest BCUT2D eigenvalue weighted by Gasteiger charge is 2.12. The largest absolute Gasteiger partial charge is 0.207 e. The van der Waals surface area contributed by atoms with Gasteiger partial charge in [-0.1, -0.05) is 26.0 Å². The lowest BCUT2D eigenvalue weighted by Gasteiger charge is -2.16. The third-order valence-corrected chi connectivity index (χ3v) is 1.68. The van der Waals surface area contributed by atoms with Gasteiger partial charge in [0.15, 0.2) is 0 Å². The van der Waals surface area contributed by atoms with Gasteiger partial charge in [-0.3, -0.25) is 0 Å². The molecule has 0 aliphatic carbocycles. The molecule has 0 nitrogen and oxygen atoms in total. The smallest absolute Gasteiger partial charge is 0.123 e. The molecule has 0 aliphatic heterocycles. The van der Waals surface area contributed by atoms with E-state index in [0.717, 1.165) is 12.0 Å². The van der Waals surface area contributed by atoms with Crippen molar-refractivity contribution in [3.63, 3.8) is 0 Å². The molecule has 1 aromatic carbocycles. The van der Waals surface area contributed by atoms with Crippen LogP contribution in [0.4, 0.5) is 4.39 Å². The minimum absolute atomic E-state index is 0.0756. The molecule has 0 aromatic heterocycles. The van der Waals surface area contributed by atoms with E-state index in [1.165, 1.54) is 6.07 Å². The van der Waals surface area contributed by atoms with Crippen LogP contribution in [-0.4, -0.2) is 4.75 Å². The van der Waals surface area contributed by atoms with Crippen LogP contribution in [0, 0.1) is 5.82 Å². The van der Waals surface area contributed by atoms with Gasteiger partial charge in [-0.25, -0.2) is 4.39 Å². The minimum Gasteiger partial charge on any atom is -0.207 e. The van der Waals surface area contributed by atoms with E-state index < -0.39 is 0 Å². The SMILES string of the molecule is CC(C)(S)Cc1cccc(F)c1. The number of hydrogen-bond acceptors (Lipinski definition) is 1. The fraction of sp³-hybridized carbons (Fsp3) is 0.400. The van der Waals surface area contributed by atoms with E-state index in [2.05, 4.69) is 12.6 Å². The average Bonchev–Trinajstić information content (AvgIpc) is 1.82. The number of hydrogen-bond donors (Lipinski definition) is 1. The quantitative estimate of drug-likeness (QED) is 0.671. The van der Waals surface area contributed by atoms with Gasteiger partial charge in [0.05, 0.1) is 0 Å². The van der Waals surface area contributed by atoms with Crippen molar-refractivity contribution in [2.24, 2.45) is 0 Å². The van der Waals surface area contributed by atoms with Crippen LogP contribution < -0.4 is 0 Å². The topological polar surface area (TPSA) is 0 Å². The summed E-state index contributed by atoms with van der Waals surface area (Å²) in [6, 6.07) is 6.65. The zero-order valence-electron chi connectivity index (χ0n) is 7.34. The summed E-state index contributed by atoms with van der Waals surface area (Å²) in [7, 11) is 0. The Morgan fingerprint density at radius 3 is 2.58 bits per heavy atom. The van der Waals surface area contributed by atoms with Crippen molar-refractivity contribution in [2.45, 2.75) is 25.0 Å². The Bertz CT molecular complexity index is 263. The molecule has 66 valence electrons. The monoisotopic (exact) mass is 184 g/mol. The molecule has 1 aromatic rings. The van der Waals surface area contributed by atoms with E-state index in [1.54, 1.807) is 12.1 Å². The molecule has 0 heterocycles. The normalized spacial score (nSPS) is 11.7. The van der Waals surface area contributed by atoms with Gasteiger partial charge in [-0.05, 0) is 24.1 Å². The second-order valence-corrected chi connectivity index (χ2v) is 4.83. The molecule has 0 N–H and O–H groups in total. The second-order valence-electron chi connectivity index (χ2n) is 3.62. The average molecular weight is 184 g/mol. The minimum atomic E-state index is -0.176. The van der Waals surface area contributed by atoms with Gasteiger partial charge in [0.1, 0.15) is 5.82 Å². The van der Waals surface area contributed by atoms with Crippen molar-refractivity contribution in [3.05, 3.63) is 35.6 Å². The van der Waals surface area contributed by atoms with Crippen LogP contribution in [-0.2, 0) is 6.42 Å². The lowest BCUT2D eigenvalue weighted by atomic mass is 10.0. The number of benzene rings is 1. The summed E-state index contributed by atoms with van der Waals surface area (Å²) in [5.74, 6) is -0.176. The van der Waals surface area contributed by atoms with Gasteiger partial charge in [0.25, 0.3) is 0 Å². The summed E-state index contributed by atoms with van der Waals surface area (Å²) < 4.78 is 12.6. The second kappa shape index (κ2) is 3.48. The molecule has 0 spiro atoms. The molecule has 0 unspecified atom stereocenters. The fourth-order valence-corrected chi connectivity index (χ4v) is 1.33. The number of thiol groups is 1. The summed E-state index contributed by atoms with van der Waals surface area (Å²) >= 11 is 4.38. The Morgan fingerprint density at radius 2 is 2.08 bits per heavy atom. The molecule has 1 rings (SSSR count). The van der Waals surface area contributed by atoms with E-state index >= 15 is 0 Å². The number of rotatable bonds is 2. The van der Waals surface area contributed by atoms with Gasteiger partial charge < -0.3 is 0 Å². The van der Waals surface area contributed by atoms with E-state index in [9.17, 15) is 4.39 Å². The van der Waals surface area contributed by atoms with Crippen LogP contribution >= 0.6 is 12.6 Å². The van der Waals surface area contributed by atoms with Crippen molar-refractivity contribution >= 4 is 12.6 Å². The van der Waals surface area contributed by atoms with E-state index in [1.807, 2.05) is 19.9 Å². The van der Waals surface area contributed by atoms with Crippen LogP contribution in [0.2, 0.25) is 0 Å². The maximum atomic E-state index is 12.7. The van der Waals surface area contributed by atoms with Crippen molar-refractivity contribution in [3.8, 4) is 0 Å². The maximum absolute atomic E-state index is 12.7. The molecule has 0 aliphatic rings. The Hall–Kier alpha value is -0.500. The molecule has 12 heavy (non-hydrogen) atoms. The zero-order chi connectivity index (χ0) is 9.19. The summed E-state index contributed by atoms with van der Waals surface area (Å²) in [5, 5.41) is 0. The summed E-state index contributed by atoms with van der Waals surface area (Å²) in [6.07, 6.45) is 0.786. The highest BCUT2D eigenvalue weighted by molar-refractivity contribution is 7.81. The standard InChI is InChI=1S/C10H13FS/c1-10(2,12)7-8-4-3-5-9(11)6-8/h3-6,12H,7H2,1-2H3. The first kappa shape index (κ1) is 9.59. The Kier molecular flexibility index (Phi) is 2.78. The van der Waals surface area contributed by atoms with Crippen molar-refractivity contribution in [2.75, 3.05) is 0 Å². The predicted molar refractivity (Wildman–Crippen MR) is 53.2 cm³/mol. The molecule has 2 heteroatoms. The van der Waals surface area contributed by atoms with Gasteiger partial charge in [-0.15, -0.1) is 0 Å². The highest BCUT2D eigenvalue weighted by Crippen LogP contribution is 2.19. The Labute approximate surface area is 78.2 Å². The third-order valence-electron chi connectivity index (χ3n) is 1.53. The van der Waals surface area contributed by atoms with Crippen LogP contribution in [0.25, 0.3) is 0 Å². The van der Waals surface area contributed by atoms with E-state index in [0.29, 0.717) is 0 Å². The lowest BCUT2D eigenvalue weighted by molar-refractivity contribution is 0.621. The van der Waals surface area contributed by atoms with Gasteiger partial charge in [0, 0.05) is 4.75 Å². The molecule has 0 atom stereocenters. The summed E-state index contributed by atoms with van der Waals surface area (Å²) in [4.78, 5) is 0. The predicted octanol–water partition coefficient (Wildman–Crippen LogP) is 3.08. The molecule has 0 saturated heterocycles. The zero-order valence-corrected chi connectivity index (χ0v) is 8.24. The third kappa shape index (κ3) is 3.26. The van der Waals surface area contributed by atoms with Gasteiger partial charge in [0.2, 0.25) is 0 Å². The van der Waals surface area contributed by atoms with E-state index in [-0.39, 0.29) is 10.6 Å². The molecular weight excluding hydrogens is 171 g/mol. The van der Waals surface area contributed by atoms with Gasteiger partial charge >= 0.3 is 0 Å². The summed E-state index contributed by atoms with van der Waals surface area (Å²) in [5.41, 5.74) is 0.995. The summed E-state index contributed by atoms with van der Waals surface area (Å²) in [6.45, 7) is 4.03. The first-order valence-electron chi connectivity index (χ1n) is 3.94. The van der Waals surface area contributed by atoms with Crippen LogP contribution in [0.15, 0.2) is 24.3 Å². The van der Waals surface area contributed by atoms with Crippen molar-refractivity contribution < 1.29 is 4.39 Å². The van der Waals surface area contributed by atoms with Crippen LogP contribution in [0.1, 0.15) is 19.4 Å². The highest BCUT2D eigenvalue weighted by atomic mass is 32.1. The molecule has 0 fully saturated rings. The first-order chi connectivity index (χ1) is 5.47. The maximum Gasteiger partial charge on any atom is 0.123 e. The van der Waals surface area contributed by atoms with Crippen molar-refractivity contribution in [1.29, 1.82) is 0 Å². The Morgan fingerprint density at radius 1 is 1.42 bits per heavy atom. The van der Waals surface area contributed by atoms with Crippen LogP contribution in [0.3, 0.4) is 0 Å². The Balaban J connectivity index is 2.77. The molecule has 0 amide bonds. The molecular formula is C10H13FS. The number of halogens is 1. The molecule has 0 bridgehead atoms. The first-order valence-corrected chi connectivity index (χ1v) is 4.39. The molecule has 0 saturated carbocycles. The molecule has 0 radical (unpaired) electrons. The van der Waals surface area contributed by atoms with E-state index in [4.69, 9.17) is 0 Å². The van der Waals surface area contributed by atoms with Crippen LogP contribution in [0.5, 0.6) is 0 Å². The fourth-order valence-electron chi connectivity index (χ4n) is 1.15.